The molecule has 4 nitrogen and oxygen atoms in total. The molecule has 1 aliphatic rings. The van der Waals surface area contributed by atoms with Crippen molar-refractivity contribution >= 4 is 0 Å². The van der Waals surface area contributed by atoms with Crippen molar-refractivity contribution in [2.45, 2.75) is 32.4 Å². The van der Waals surface area contributed by atoms with E-state index >= 15 is 0 Å². The number of ether oxygens (including phenoxy) is 2. The lowest BCUT2D eigenvalue weighted by Crippen LogP contribution is -2.57. The molecule has 0 spiro atoms. The highest BCUT2D eigenvalue weighted by molar-refractivity contribution is 4.84. The molecule has 17 heavy (non-hydrogen) atoms. The molecule has 0 bridgehead atoms. The number of hydrogen-bond donors (Lipinski definition) is 0. The highest BCUT2D eigenvalue weighted by Gasteiger charge is 2.28. The van der Waals surface area contributed by atoms with Crippen molar-refractivity contribution in [3.05, 3.63) is 0 Å². The molecular formula is C13H28N2O2. The standard InChI is InChI=1S/C13H28N2O2/c1-13(2,3)15-8-6-14(7-9-15)12(10-16-4)11-17-5/h12H,6-11H2,1-5H3. The summed E-state index contributed by atoms with van der Waals surface area (Å²) in [6.07, 6.45) is 0. The summed E-state index contributed by atoms with van der Waals surface area (Å²) in [4.78, 5) is 5.02. The van der Waals surface area contributed by atoms with Crippen LogP contribution in [0.25, 0.3) is 0 Å². The van der Waals surface area contributed by atoms with Crippen LogP contribution < -0.4 is 0 Å². The van der Waals surface area contributed by atoms with Crippen molar-refractivity contribution in [2.24, 2.45) is 0 Å². The Labute approximate surface area is 106 Å². The normalized spacial score (nSPS) is 20.1. The van der Waals surface area contributed by atoms with Crippen LogP contribution in [0.15, 0.2) is 0 Å². The van der Waals surface area contributed by atoms with Gasteiger partial charge in [0.05, 0.1) is 19.3 Å². The maximum absolute atomic E-state index is 5.27. The fourth-order valence-electron chi connectivity index (χ4n) is 2.40. The van der Waals surface area contributed by atoms with Crippen LogP contribution in [-0.4, -0.2) is 75.0 Å². The minimum Gasteiger partial charge on any atom is -0.383 e. The molecule has 0 N–H and O–H groups in total. The molecule has 1 heterocycles. The molecule has 1 aliphatic heterocycles. The Morgan fingerprint density at radius 3 is 1.76 bits per heavy atom. The van der Waals surface area contributed by atoms with Crippen LogP contribution in [0, 0.1) is 0 Å². The Morgan fingerprint density at radius 1 is 0.941 bits per heavy atom. The number of nitrogens with zero attached hydrogens (tertiary/aromatic N) is 2. The smallest absolute Gasteiger partial charge is 0.0640 e. The zero-order valence-electron chi connectivity index (χ0n) is 12.0. The molecule has 1 fully saturated rings. The van der Waals surface area contributed by atoms with Gasteiger partial charge in [-0.25, -0.2) is 0 Å². The molecule has 0 aromatic carbocycles. The number of hydrogen-bond acceptors (Lipinski definition) is 4. The van der Waals surface area contributed by atoms with Crippen LogP contribution >= 0.6 is 0 Å². The van der Waals surface area contributed by atoms with Gasteiger partial charge in [0.1, 0.15) is 0 Å². The van der Waals surface area contributed by atoms with Crippen molar-refractivity contribution in [2.75, 3.05) is 53.6 Å². The minimum absolute atomic E-state index is 0.282. The SMILES string of the molecule is COCC(COC)N1CCN(C(C)(C)C)CC1. The lowest BCUT2D eigenvalue weighted by atomic mass is 10.0. The quantitative estimate of drug-likeness (QED) is 0.722. The van der Waals surface area contributed by atoms with Gasteiger partial charge in [0.15, 0.2) is 0 Å². The maximum atomic E-state index is 5.27. The number of rotatable bonds is 5. The first-order valence-electron chi connectivity index (χ1n) is 6.46. The predicted molar refractivity (Wildman–Crippen MR) is 70.4 cm³/mol. The van der Waals surface area contributed by atoms with Gasteiger partial charge in [-0.1, -0.05) is 0 Å². The third-order valence-corrected chi connectivity index (χ3v) is 3.50. The van der Waals surface area contributed by atoms with Gasteiger partial charge < -0.3 is 9.47 Å². The molecule has 0 atom stereocenters. The summed E-state index contributed by atoms with van der Waals surface area (Å²) in [6.45, 7) is 12.8. The van der Waals surface area contributed by atoms with E-state index in [4.69, 9.17) is 9.47 Å². The molecule has 0 aromatic rings. The van der Waals surface area contributed by atoms with E-state index in [0.717, 1.165) is 39.4 Å². The Morgan fingerprint density at radius 2 is 1.41 bits per heavy atom. The van der Waals surface area contributed by atoms with E-state index in [-0.39, 0.29) is 5.54 Å². The fourth-order valence-corrected chi connectivity index (χ4v) is 2.40. The largest absolute Gasteiger partial charge is 0.383 e. The molecule has 0 aromatic heterocycles. The van der Waals surface area contributed by atoms with Crippen molar-refractivity contribution < 1.29 is 9.47 Å². The molecule has 0 saturated carbocycles. The van der Waals surface area contributed by atoms with Crippen molar-refractivity contribution in [1.82, 2.24) is 9.80 Å². The van der Waals surface area contributed by atoms with E-state index in [1.54, 1.807) is 14.2 Å². The van der Waals surface area contributed by atoms with Crippen molar-refractivity contribution in [3.8, 4) is 0 Å². The van der Waals surface area contributed by atoms with Gasteiger partial charge in [-0.15, -0.1) is 0 Å². The van der Waals surface area contributed by atoms with Crippen LogP contribution in [0.4, 0.5) is 0 Å². The molecule has 0 radical (unpaired) electrons. The first kappa shape index (κ1) is 14.9. The molecule has 0 aliphatic carbocycles. The summed E-state index contributed by atoms with van der Waals surface area (Å²) in [5.41, 5.74) is 0.282. The lowest BCUT2D eigenvalue weighted by molar-refractivity contribution is -0.00742. The monoisotopic (exact) mass is 244 g/mol. The number of methoxy groups -OCH3 is 2. The Hall–Kier alpha value is -0.160. The second-order valence-corrected chi connectivity index (χ2v) is 5.76. The van der Waals surface area contributed by atoms with Crippen LogP contribution in [-0.2, 0) is 9.47 Å². The lowest BCUT2D eigenvalue weighted by Gasteiger charge is -2.44. The Bertz CT molecular complexity index is 202. The van der Waals surface area contributed by atoms with Gasteiger partial charge in [-0.2, -0.15) is 0 Å². The van der Waals surface area contributed by atoms with Gasteiger partial charge in [-0.05, 0) is 20.8 Å². The third-order valence-electron chi connectivity index (χ3n) is 3.50. The van der Waals surface area contributed by atoms with Crippen molar-refractivity contribution in [3.63, 3.8) is 0 Å². The van der Waals surface area contributed by atoms with Gasteiger partial charge in [0.2, 0.25) is 0 Å². The van der Waals surface area contributed by atoms with E-state index in [1.165, 1.54) is 0 Å². The molecule has 1 rings (SSSR count). The van der Waals surface area contributed by atoms with E-state index < -0.39 is 0 Å². The summed E-state index contributed by atoms with van der Waals surface area (Å²) in [5.74, 6) is 0. The van der Waals surface area contributed by atoms with Gasteiger partial charge in [0, 0.05) is 45.9 Å². The van der Waals surface area contributed by atoms with Crippen LogP contribution in [0.3, 0.4) is 0 Å². The average Bonchev–Trinajstić information content (AvgIpc) is 2.28. The van der Waals surface area contributed by atoms with E-state index in [2.05, 4.69) is 30.6 Å². The molecule has 102 valence electrons. The molecule has 0 unspecified atom stereocenters. The van der Waals surface area contributed by atoms with E-state index in [9.17, 15) is 0 Å². The third kappa shape index (κ3) is 4.54. The van der Waals surface area contributed by atoms with Gasteiger partial charge in [-0.3, -0.25) is 9.80 Å². The minimum atomic E-state index is 0.282. The Kier molecular flexibility index (Phi) is 5.86. The highest BCUT2D eigenvalue weighted by atomic mass is 16.5. The zero-order chi connectivity index (χ0) is 12.9. The summed E-state index contributed by atoms with van der Waals surface area (Å²) in [6, 6.07) is 0.395. The first-order chi connectivity index (χ1) is 7.99. The topological polar surface area (TPSA) is 24.9 Å². The average molecular weight is 244 g/mol. The van der Waals surface area contributed by atoms with Crippen LogP contribution in [0.2, 0.25) is 0 Å². The summed E-state index contributed by atoms with van der Waals surface area (Å²) in [5, 5.41) is 0. The van der Waals surface area contributed by atoms with Crippen LogP contribution in [0.5, 0.6) is 0 Å². The van der Waals surface area contributed by atoms with Gasteiger partial charge in [0.25, 0.3) is 0 Å². The van der Waals surface area contributed by atoms with E-state index in [0.29, 0.717) is 6.04 Å². The maximum Gasteiger partial charge on any atom is 0.0640 e. The summed E-state index contributed by atoms with van der Waals surface area (Å²) in [7, 11) is 3.52. The zero-order valence-corrected chi connectivity index (χ0v) is 12.0. The van der Waals surface area contributed by atoms with E-state index in [1.807, 2.05) is 0 Å². The summed E-state index contributed by atoms with van der Waals surface area (Å²) >= 11 is 0. The number of piperazine rings is 1. The Balaban J connectivity index is 2.43. The molecular weight excluding hydrogens is 216 g/mol. The first-order valence-corrected chi connectivity index (χ1v) is 6.46. The predicted octanol–water partition coefficient (Wildman–Crippen LogP) is 1.06. The fraction of sp³-hybridized carbons (Fsp3) is 1.00. The molecule has 1 saturated heterocycles. The molecule has 4 heteroatoms. The van der Waals surface area contributed by atoms with Crippen LogP contribution in [0.1, 0.15) is 20.8 Å². The second kappa shape index (κ2) is 6.69. The van der Waals surface area contributed by atoms with Gasteiger partial charge >= 0.3 is 0 Å². The van der Waals surface area contributed by atoms with Crippen molar-refractivity contribution in [1.29, 1.82) is 0 Å². The summed E-state index contributed by atoms with van der Waals surface area (Å²) < 4.78 is 10.5. The highest BCUT2D eigenvalue weighted by Crippen LogP contribution is 2.17. The second-order valence-electron chi connectivity index (χ2n) is 5.76. The molecule has 0 amide bonds.